The number of ether oxygens (including phenoxy) is 2. The van der Waals surface area contributed by atoms with Gasteiger partial charge in [-0.15, -0.1) is 0 Å². The molecule has 1 aromatic rings. The fourth-order valence-electron chi connectivity index (χ4n) is 4.64. The molecule has 1 unspecified atom stereocenters. The Morgan fingerprint density at radius 1 is 1.18 bits per heavy atom. The first-order chi connectivity index (χ1) is 16.4. The summed E-state index contributed by atoms with van der Waals surface area (Å²) in [4.78, 5) is 7.49. The molecule has 0 bridgehead atoms. The molecule has 0 saturated carbocycles. The molecule has 0 aromatic heterocycles. The van der Waals surface area contributed by atoms with Crippen LogP contribution >= 0.6 is 0 Å². The number of amidine groups is 1. The van der Waals surface area contributed by atoms with Gasteiger partial charge in [0.2, 0.25) is 5.96 Å². The fourth-order valence-corrected chi connectivity index (χ4v) is 6.14. The molecule has 1 aromatic carbocycles. The molecule has 2 fully saturated rings. The van der Waals surface area contributed by atoms with Crippen LogP contribution in [0.2, 0.25) is 0 Å². The van der Waals surface area contributed by atoms with Crippen molar-refractivity contribution in [1.29, 1.82) is 5.41 Å². The van der Waals surface area contributed by atoms with Crippen LogP contribution < -0.4 is 10.1 Å². The van der Waals surface area contributed by atoms with Gasteiger partial charge in [0.1, 0.15) is 17.6 Å². The van der Waals surface area contributed by atoms with Crippen LogP contribution in [-0.4, -0.2) is 65.4 Å². The first-order valence-corrected chi connectivity index (χ1v) is 13.8. The minimum Gasteiger partial charge on any atom is -0.611 e. The number of aliphatic imine (C=N–C) groups is 1. The summed E-state index contributed by atoms with van der Waals surface area (Å²) in [5.74, 6) is 2.91. The number of benzene rings is 1. The minimum atomic E-state index is -1.06. The highest BCUT2D eigenvalue weighted by molar-refractivity contribution is 7.96. The lowest BCUT2D eigenvalue weighted by Gasteiger charge is -2.33. The molecule has 34 heavy (non-hydrogen) atoms. The molecule has 0 radical (unpaired) electrons. The van der Waals surface area contributed by atoms with Gasteiger partial charge >= 0.3 is 0 Å². The molecular weight excluding hydrogens is 448 g/mol. The number of allylic oxidation sites excluding steroid dienone is 1. The second-order valence-corrected chi connectivity index (χ2v) is 11.3. The fraction of sp³-hybridized carbons (Fsp3) is 0.615. The molecule has 3 aliphatic rings. The summed E-state index contributed by atoms with van der Waals surface area (Å²) in [6.07, 6.45) is 4.45. The third kappa shape index (κ3) is 6.34. The summed E-state index contributed by atoms with van der Waals surface area (Å²) in [6.45, 7) is 9.30. The van der Waals surface area contributed by atoms with Crippen molar-refractivity contribution >= 4 is 23.0 Å². The zero-order valence-corrected chi connectivity index (χ0v) is 21.5. The maximum absolute atomic E-state index is 12.7. The molecule has 2 N–H and O–H groups in total. The number of hydrogen-bond acceptors (Lipinski definition) is 4. The summed E-state index contributed by atoms with van der Waals surface area (Å²) < 4.78 is 24.4. The van der Waals surface area contributed by atoms with Crippen LogP contribution in [-0.2, 0) is 15.9 Å². The van der Waals surface area contributed by atoms with Gasteiger partial charge < -0.3 is 24.2 Å². The second-order valence-electron chi connectivity index (χ2n) is 9.75. The van der Waals surface area contributed by atoms with E-state index in [1.54, 1.807) is 0 Å². The number of hydrogen-bond donors (Lipinski definition) is 2. The van der Waals surface area contributed by atoms with E-state index < -0.39 is 11.2 Å². The molecule has 0 spiro atoms. The van der Waals surface area contributed by atoms with Crippen molar-refractivity contribution in [3.8, 4) is 5.75 Å². The smallest absolute Gasteiger partial charge is 0.219 e. The third-order valence-electron chi connectivity index (χ3n) is 6.86. The predicted molar refractivity (Wildman–Crippen MR) is 138 cm³/mol. The maximum Gasteiger partial charge on any atom is 0.219 e. The summed E-state index contributed by atoms with van der Waals surface area (Å²) in [5, 5.41) is 12.2. The van der Waals surface area contributed by atoms with Gasteiger partial charge in [-0.25, -0.2) is 0 Å². The molecule has 0 aliphatic carbocycles. The standard InChI is InChI=1S/C26H38N4O3S/c1-18(2)20-4-6-22(7-5-20)33-23-8-13-30(14-9-23)26(27)29-25(24-19(3)12-17-34(24)31)28-21-10-15-32-16-11-21/h4-7,18,21,23H,8-17H2,1-3H3,(H2,27,28,29). The van der Waals surface area contributed by atoms with Crippen molar-refractivity contribution in [3.05, 3.63) is 40.3 Å². The third-order valence-corrected chi connectivity index (χ3v) is 8.44. The van der Waals surface area contributed by atoms with Gasteiger partial charge in [0.05, 0.1) is 0 Å². The predicted octanol–water partition coefficient (Wildman–Crippen LogP) is 4.18. The average molecular weight is 487 g/mol. The van der Waals surface area contributed by atoms with Gasteiger partial charge in [0.15, 0.2) is 10.7 Å². The second kappa shape index (κ2) is 11.6. The van der Waals surface area contributed by atoms with Gasteiger partial charge in [0.25, 0.3) is 0 Å². The largest absolute Gasteiger partial charge is 0.611 e. The highest BCUT2D eigenvalue weighted by Gasteiger charge is 2.33. The van der Waals surface area contributed by atoms with E-state index in [2.05, 4.69) is 43.4 Å². The number of nitrogens with one attached hydrogen (secondary N) is 2. The Balaban J connectivity index is 1.37. The van der Waals surface area contributed by atoms with Crippen molar-refractivity contribution < 1.29 is 14.0 Å². The molecule has 186 valence electrons. The van der Waals surface area contributed by atoms with Gasteiger partial charge in [-0.05, 0) is 60.1 Å². The lowest BCUT2D eigenvalue weighted by atomic mass is 10.0. The van der Waals surface area contributed by atoms with Crippen molar-refractivity contribution in [1.82, 2.24) is 10.2 Å². The highest BCUT2D eigenvalue weighted by atomic mass is 32.2. The first kappa shape index (κ1) is 25.1. The van der Waals surface area contributed by atoms with Crippen molar-refractivity contribution in [2.24, 2.45) is 4.99 Å². The lowest BCUT2D eigenvalue weighted by molar-refractivity contribution is 0.0825. The van der Waals surface area contributed by atoms with E-state index in [1.165, 1.54) is 5.56 Å². The van der Waals surface area contributed by atoms with E-state index in [-0.39, 0.29) is 18.1 Å². The lowest BCUT2D eigenvalue weighted by Crippen LogP contribution is -2.44. The Bertz CT molecular complexity index is 901. The monoisotopic (exact) mass is 486 g/mol. The van der Waals surface area contributed by atoms with Crippen LogP contribution in [0.25, 0.3) is 0 Å². The molecule has 3 aliphatic heterocycles. The Labute approximate surface area is 206 Å². The molecular formula is C26H38N4O3S. The van der Waals surface area contributed by atoms with Crippen LogP contribution in [0.4, 0.5) is 0 Å². The zero-order valence-electron chi connectivity index (χ0n) is 20.6. The van der Waals surface area contributed by atoms with Gasteiger partial charge in [0, 0.05) is 51.6 Å². The summed E-state index contributed by atoms with van der Waals surface area (Å²) in [5.41, 5.74) is 2.42. The Hall–Kier alpha value is -2.03. The van der Waals surface area contributed by atoms with Crippen LogP contribution in [0.3, 0.4) is 0 Å². The molecule has 1 atom stereocenters. The number of guanidine groups is 1. The Morgan fingerprint density at radius 3 is 2.44 bits per heavy atom. The molecule has 3 heterocycles. The van der Waals surface area contributed by atoms with Crippen LogP contribution in [0.1, 0.15) is 64.4 Å². The Morgan fingerprint density at radius 2 is 1.85 bits per heavy atom. The number of piperidine rings is 1. The number of nitrogens with zero attached hydrogens (tertiary/aromatic N) is 2. The van der Waals surface area contributed by atoms with Crippen molar-refractivity contribution in [2.75, 3.05) is 32.1 Å². The minimum absolute atomic E-state index is 0.144. The van der Waals surface area contributed by atoms with E-state index in [9.17, 15) is 4.55 Å². The summed E-state index contributed by atoms with van der Waals surface area (Å²) >= 11 is -1.06. The number of rotatable bonds is 5. The van der Waals surface area contributed by atoms with Crippen molar-refractivity contribution in [2.45, 2.75) is 70.9 Å². The van der Waals surface area contributed by atoms with Gasteiger partial charge in [-0.1, -0.05) is 26.0 Å². The highest BCUT2D eigenvalue weighted by Crippen LogP contribution is 2.27. The SMILES string of the molecule is CC1=C(/C(=N\C(=N)N2CCC(Oc3ccc(C(C)C)cc3)CC2)NC2CCOCC2)[S+]([O-])CC1. The quantitative estimate of drug-likeness (QED) is 0.370. The summed E-state index contributed by atoms with van der Waals surface area (Å²) in [6, 6.07) is 8.62. The van der Waals surface area contributed by atoms with E-state index in [4.69, 9.17) is 19.9 Å². The topological polar surface area (TPSA) is 93.0 Å². The molecule has 7 nitrogen and oxygen atoms in total. The molecule has 8 heteroatoms. The van der Waals surface area contributed by atoms with Crippen molar-refractivity contribution in [3.63, 3.8) is 0 Å². The normalized spacial score (nSPS) is 23.0. The van der Waals surface area contributed by atoms with Gasteiger partial charge in [-0.3, -0.25) is 5.41 Å². The average Bonchev–Trinajstić information content (AvgIpc) is 3.18. The van der Waals surface area contributed by atoms with Crippen LogP contribution in [0.15, 0.2) is 39.7 Å². The first-order valence-electron chi connectivity index (χ1n) is 12.5. The van der Waals surface area contributed by atoms with Crippen LogP contribution in [0.5, 0.6) is 5.75 Å². The van der Waals surface area contributed by atoms with Gasteiger partial charge in [-0.2, -0.15) is 4.99 Å². The van der Waals surface area contributed by atoms with E-state index in [0.29, 0.717) is 17.5 Å². The molecule has 0 amide bonds. The number of likely N-dealkylation sites (tertiary alicyclic amines) is 1. The van der Waals surface area contributed by atoms with E-state index in [0.717, 1.165) is 74.6 Å². The maximum atomic E-state index is 12.7. The summed E-state index contributed by atoms with van der Waals surface area (Å²) in [7, 11) is 0. The van der Waals surface area contributed by atoms with Crippen LogP contribution in [0, 0.1) is 5.41 Å². The zero-order chi connectivity index (χ0) is 24.1. The Kier molecular flexibility index (Phi) is 8.55. The molecule has 2 saturated heterocycles. The molecule has 4 rings (SSSR count). The van der Waals surface area contributed by atoms with E-state index >= 15 is 0 Å². The van der Waals surface area contributed by atoms with E-state index in [1.807, 2.05) is 11.8 Å².